The summed E-state index contributed by atoms with van der Waals surface area (Å²) >= 11 is 0. The molecule has 0 aliphatic carbocycles. The summed E-state index contributed by atoms with van der Waals surface area (Å²) in [5.74, 6) is 0.136. The first-order chi connectivity index (χ1) is 13.3. The summed E-state index contributed by atoms with van der Waals surface area (Å²) in [6, 6.07) is 34.2. The predicted molar refractivity (Wildman–Crippen MR) is 112 cm³/mol. The van der Waals surface area contributed by atoms with Gasteiger partial charge in [0, 0.05) is 17.7 Å². The second-order valence-electron chi connectivity index (χ2n) is 6.66. The fourth-order valence-corrected chi connectivity index (χ4v) is 3.34. The van der Waals surface area contributed by atoms with Gasteiger partial charge < -0.3 is 5.32 Å². The summed E-state index contributed by atoms with van der Waals surface area (Å²) in [4.78, 5) is 12.8. The number of para-hydroxylation sites is 1. The van der Waals surface area contributed by atoms with Crippen molar-refractivity contribution in [2.75, 3.05) is 5.32 Å². The number of carbonyl (C=O) groups excluding carboxylic acids is 1. The lowest BCUT2D eigenvalue weighted by Gasteiger charge is -2.20. The van der Waals surface area contributed by atoms with Crippen LogP contribution in [-0.4, -0.2) is 5.78 Å². The van der Waals surface area contributed by atoms with Crippen LogP contribution in [0.3, 0.4) is 0 Å². The van der Waals surface area contributed by atoms with Gasteiger partial charge >= 0.3 is 0 Å². The number of anilines is 1. The molecular formula is C25H21NO. The molecule has 0 heterocycles. The summed E-state index contributed by atoms with van der Waals surface area (Å²) < 4.78 is 0. The van der Waals surface area contributed by atoms with Crippen molar-refractivity contribution in [1.29, 1.82) is 0 Å². The molecule has 0 bridgehead atoms. The highest BCUT2D eigenvalue weighted by atomic mass is 16.1. The van der Waals surface area contributed by atoms with Crippen LogP contribution in [0.15, 0.2) is 103 Å². The standard InChI is InChI=1S/C25H21NO/c27-25(20-10-3-1-4-11-20)18-24(26-23-13-5-2-6-14-23)22-16-15-19-9-7-8-12-21(19)17-22/h1-17,24,26H,18H2. The van der Waals surface area contributed by atoms with Crippen molar-refractivity contribution in [3.63, 3.8) is 0 Å². The third-order valence-electron chi connectivity index (χ3n) is 4.78. The van der Waals surface area contributed by atoms with E-state index in [4.69, 9.17) is 0 Å². The molecule has 1 atom stereocenters. The van der Waals surface area contributed by atoms with Crippen molar-refractivity contribution < 1.29 is 4.79 Å². The van der Waals surface area contributed by atoms with Crippen molar-refractivity contribution in [2.24, 2.45) is 0 Å². The quantitative estimate of drug-likeness (QED) is 0.415. The van der Waals surface area contributed by atoms with E-state index in [1.165, 1.54) is 10.8 Å². The van der Waals surface area contributed by atoms with Crippen LogP contribution < -0.4 is 5.32 Å². The van der Waals surface area contributed by atoms with E-state index >= 15 is 0 Å². The molecule has 0 aromatic heterocycles. The third kappa shape index (κ3) is 4.06. The molecule has 0 aliphatic heterocycles. The Labute approximate surface area is 159 Å². The summed E-state index contributed by atoms with van der Waals surface area (Å²) in [6.45, 7) is 0. The average Bonchev–Trinajstić information content (AvgIpc) is 2.74. The first-order valence-corrected chi connectivity index (χ1v) is 9.18. The third-order valence-corrected chi connectivity index (χ3v) is 4.78. The van der Waals surface area contributed by atoms with Gasteiger partial charge in [0.25, 0.3) is 0 Å². The van der Waals surface area contributed by atoms with Crippen molar-refractivity contribution in [3.8, 4) is 0 Å². The lowest BCUT2D eigenvalue weighted by atomic mass is 9.95. The molecule has 2 heteroatoms. The number of Topliss-reactive ketones (excluding diaryl/α,β-unsaturated/α-hetero) is 1. The highest BCUT2D eigenvalue weighted by Crippen LogP contribution is 2.27. The highest BCUT2D eigenvalue weighted by Gasteiger charge is 2.17. The normalized spacial score (nSPS) is 11.9. The summed E-state index contributed by atoms with van der Waals surface area (Å²) in [5, 5.41) is 5.93. The monoisotopic (exact) mass is 351 g/mol. The van der Waals surface area contributed by atoms with Crippen molar-refractivity contribution in [1.82, 2.24) is 0 Å². The van der Waals surface area contributed by atoms with Crippen LogP contribution in [0.5, 0.6) is 0 Å². The van der Waals surface area contributed by atoms with E-state index in [1.807, 2.05) is 72.8 Å². The number of hydrogen-bond acceptors (Lipinski definition) is 2. The van der Waals surface area contributed by atoms with Crippen LogP contribution in [0, 0.1) is 0 Å². The second kappa shape index (κ2) is 7.88. The van der Waals surface area contributed by atoms with E-state index in [0.717, 1.165) is 16.8 Å². The molecule has 132 valence electrons. The zero-order chi connectivity index (χ0) is 18.5. The maximum Gasteiger partial charge on any atom is 0.165 e. The Kier molecular flexibility index (Phi) is 4.97. The summed E-state index contributed by atoms with van der Waals surface area (Å²) in [5.41, 5.74) is 2.87. The van der Waals surface area contributed by atoms with E-state index in [-0.39, 0.29) is 11.8 Å². The molecule has 0 spiro atoms. The average molecular weight is 351 g/mol. The SMILES string of the molecule is O=C(CC(Nc1ccccc1)c1ccc2ccccc2c1)c1ccccc1. The van der Waals surface area contributed by atoms with Gasteiger partial charge in [-0.05, 0) is 34.5 Å². The molecule has 1 unspecified atom stereocenters. The van der Waals surface area contributed by atoms with E-state index in [9.17, 15) is 4.79 Å². The van der Waals surface area contributed by atoms with Crippen LogP contribution in [0.25, 0.3) is 10.8 Å². The molecule has 0 radical (unpaired) electrons. The molecule has 4 aromatic rings. The van der Waals surface area contributed by atoms with Crippen LogP contribution in [-0.2, 0) is 0 Å². The second-order valence-corrected chi connectivity index (χ2v) is 6.66. The first kappa shape index (κ1) is 17.0. The van der Waals surface area contributed by atoms with Crippen LogP contribution in [0.1, 0.15) is 28.4 Å². The molecule has 0 saturated carbocycles. The molecule has 27 heavy (non-hydrogen) atoms. The number of carbonyl (C=O) groups is 1. The zero-order valence-electron chi connectivity index (χ0n) is 15.0. The van der Waals surface area contributed by atoms with Crippen LogP contribution >= 0.6 is 0 Å². The maximum atomic E-state index is 12.8. The van der Waals surface area contributed by atoms with E-state index in [2.05, 4.69) is 35.6 Å². The van der Waals surface area contributed by atoms with E-state index < -0.39 is 0 Å². The van der Waals surface area contributed by atoms with Crippen LogP contribution in [0.4, 0.5) is 5.69 Å². The molecular weight excluding hydrogens is 330 g/mol. The first-order valence-electron chi connectivity index (χ1n) is 9.18. The Morgan fingerprint density at radius 3 is 2.07 bits per heavy atom. The Morgan fingerprint density at radius 1 is 0.704 bits per heavy atom. The largest absolute Gasteiger partial charge is 0.378 e. The van der Waals surface area contributed by atoms with Gasteiger partial charge in [-0.3, -0.25) is 4.79 Å². The minimum Gasteiger partial charge on any atom is -0.378 e. The molecule has 0 fully saturated rings. The molecule has 0 saturated heterocycles. The lowest BCUT2D eigenvalue weighted by molar-refractivity contribution is 0.0976. The van der Waals surface area contributed by atoms with E-state index in [0.29, 0.717) is 6.42 Å². The molecule has 1 N–H and O–H groups in total. The molecule has 4 rings (SSSR count). The van der Waals surface area contributed by atoms with Crippen molar-refractivity contribution in [2.45, 2.75) is 12.5 Å². The minimum atomic E-state index is -0.0929. The van der Waals surface area contributed by atoms with Gasteiger partial charge in [-0.2, -0.15) is 0 Å². The summed E-state index contributed by atoms with van der Waals surface area (Å²) in [7, 11) is 0. The predicted octanol–water partition coefficient (Wildman–Crippen LogP) is 6.27. The van der Waals surface area contributed by atoms with Gasteiger partial charge in [-0.25, -0.2) is 0 Å². The number of hydrogen-bond donors (Lipinski definition) is 1. The Morgan fingerprint density at radius 2 is 1.33 bits per heavy atom. The van der Waals surface area contributed by atoms with Gasteiger partial charge in [0.05, 0.1) is 6.04 Å². The number of nitrogens with one attached hydrogen (secondary N) is 1. The number of rotatable bonds is 6. The number of fused-ring (bicyclic) bond motifs is 1. The molecule has 2 nitrogen and oxygen atoms in total. The Bertz CT molecular complexity index is 1040. The lowest BCUT2D eigenvalue weighted by Crippen LogP contribution is -2.15. The van der Waals surface area contributed by atoms with E-state index in [1.54, 1.807) is 0 Å². The van der Waals surface area contributed by atoms with Gasteiger partial charge in [-0.15, -0.1) is 0 Å². The number of ketones is 1. The minimum absolute atomic E-state index is 0.0929. The Hall–Kier alpha value is -3.39. The molecule has 0 amide bonds. The number of benzene rings is 4. The van der Waals surface area contributed by atoms with Crippen molar-refractivity contribution >= 4 is 22.2 Å². The van der Waals surface area contributed by atoms with Gasteiger partial charge in [0.2, 0.25) is 0 Å². The smallest absolute Gasteiger partial charge is 0.165 e. The maximum absolute atomic E-state index is 12.8. The zero-order valence-corrected chi connectivity index (χ0v) is 15.0. The van der Waals surface area contributed by atoms with Crippen molar-refractivity contribution in [3.05, 3.63) is 114 Å². The fourth-order valence-electron chi connectivity index (χ4n) is 3.34. The molecule has 4 aromatic carbocycles. The summed E-state index contributed by atoms with van der Waals surface area (Å²) in [6.07, 6.45) is 0.400. The molecule has 0 aliphatic rings. The van der Waals surface area contributed by atoms with Gasteiger partial charge in [0.1, 0.15) is 0 Å². The topological polar surface area (TPSA) is 29.1 Å². The van der Waals surface area contributed by atoms with Gasteiger partial charge in [-0.1, -0.05) is 84.9 Å². The van der Waals surface area contributed by atoms with Gasteiger partial charge in [0.15, 0.2) is 5.78 Å². The highest BCUT2D eigenvalue weighted by molar-refractivity contribution is 5.96. The Balaban J connectivity index is 1.67. The van der Waals surface area contributed by atoms with Crippen LogP contribution in [0.2, 0.25) is 0 Å². The fraction of sp³-hybridized carbons (Fsp3) is 0.0800.